The SMILES string of the molecule is CCCCCOc1nsnc1C1CN2CCCC1C2. The minimum Gasteiger partial charge on any atom is -0.476 e. The summed E-state index contributed by atoms with van der Waals surface area (Å²) in [6, 6.07) is 0. The molecule has 106 valence electrons. The fourth-order valence-electron chi connectivity index (χ4n) is 3.36. The monoisotopic (exact) mass is 281 g/mol. The quantitative estimate of drug-likeness (QED) is 0.752. The highest BCUT2D eigenvalue weighted by molar-refractivity contribution is 6.99. The molecule has 19 heavy (non-hydrogen) atoms. The number of ether oxygens (including phenoxy) is 1. The molecule has 3 unspecified atom stereocenters. The van der Waals surface area contributed by atoms with Gasteiger partial charge in [-0.1, -0.05) is 19.8 Å². The Morgan fingerprint density at radius 3 is 3.11 bits per heavy atom. The third kappa shape index (κ3) is 2.92. The molecule has 2 aliphatic rings. The standard InChI is InChI=1S/C14H23N3OS/c1-2-3-4-8-18-14-13(15-19-16-14)12-10-17-7-5-6-11(12)9-17/h11-12H,2-10H2,1H3. The summed E-state index contributed by atoms with van der Waals surface area (Å²) < 4.78 is 14.8. The molecule has 1 aromatic rings. The van der Waals surface area contributed by atoms with Crippen LogP contribution in [0.3, 0.4) is 0 Å². The Labute approximate surface area is 119 Å². The van der Waals surface area contributed by atoms with Crippen molar-refractivity contribution in [2.24, 2.45) is 5.92 Å². The molecule has 3 heterocycles. The third-order valence-corrected chi connectivity index (χ3v) is 4.91. The lowest BCUT2D eigenvalue weighted by Crippen LogP contribution is -2.25. The molecule has 3 atom stereocenters. The van der Waals surface area contributed by atoms with Crippen LogP contribution < -0.4 is 4.74 Å². The summed E-state index contributed by atoms with van der Waals surface area (Å²) in [5.74, 6) is 2.15. The maximum atomic E-state index is 5.86. The number of piperidine rings is 1. The van der Waals surface area contributed by atoms with Gasteiger partial charge in [0.2, 0.25) is 5.88 Å². The van der Waals surface area contributed by atoms with Crippen molar-refractivity contribution in [3.05, 3.63) is 5.69 Å². The first kappa shape index (κ1) is 13.3. The van der Waals surface area contributed by atoms with Crippen molar-refractivity contribution in [2.45, 2.75) is 44.9 Å². The van der Waals surface area contributed by atoms with E-state index >= 15 is 0 Å². The van der Waals surface area contributed by atoms with E-state index in [1.54, 1.807) is 0 Å². The van der Waals surface area contributed by atoms with Crippen LogP contribution in [0.4, 0.5) is 0 Å². The van der Waals surface area contributed by atoms with Crippen molar-refractivity contribution >= 4 is 11.7 Å². The smallest absolute Gasteiger partial charge is 0.249 e. The van der Waals surface area contributed by atoms with E-state index in [0.29, 0.717) is 5.92 Å². The van der Waals surface area contributed by atoms with E-state index in [0.717, 1.165) is 37.1 Å². The van der Waals surface area contributed by atoms with Gasteiger partial charge in [0, 0.05) is 19.0 Å². The van der Waals surface area contributed by atoms with Gasteiger partial charge in [-0.05, 0) is 31.7 Å². The molecule has 5 heteroatoms. The number of nitrogens with zero attached hydrogens (tertiary/aromatic N) is 3. The van der Waals surface area contributed by atoms with Gasteiger partial charge in [0.25, 0.3) is 0 Å². The summed E-state index contributed by atoms with van der Waals surface area (Å²) in [6.07, 6.45) is 6.25. The molecule has 0 N–H and O–H groups in total. The number of fused-ring (bicyclic) bond motifs is 2. The maximum Gasteiger partial charge on any atom is 0.249 e. The van der Waals surface area contributed by atoms with E-state index in [1.807, 2.05) is 0 Å². The molecule has 0 amide bonds. The zero-order valence-corrected chi connectivity index (χ0v) is 12.5. The summed E-state index contributed by atoms with van der Waals surface area (Å²) in [5.41, 5.74) is 1.14. The first-order valence-corrected chi connectivity index (χ1v) is 8.29. The summed E-state index contributed by atoms with van der Waals surface area (Å²) in [4.78, 5) is 2.57. The summed E-state index contributed by atoms with van der Waals surface area (Å²) in [7, 11) is 0. The Morgan fingerprint density at radius 1 is 1.32 bits per heavy atom. The van der Waals surface area contributed by atoms with E-state index in [2.05, 4.69) is 20.6 Å². The molecule has 2 saturated heterocycles. The second kappa shape index (κ2) is 6.18. The van der Waals surface area contributed by atoms with Crippen LogP contribution in [-0.4, -0.2) is 39.9 Å². The van der Waals surface area contributed by atoms with Gasteiger partial charge in [-0.3, -0.25) is 0 Å². The Hall–Kier alpha value is -0.680. The highest BCUT2D eigenvalue weighted by Crippen LogP contribution is 2.41. The van der Waals surface area contributed by atoms with Gasteiger partial charge >= 0.3 is 0 Å². The lowest BCUT2D eigenvalue weighted by Gasteiger charge is -2.21. The average Bonchev–Trinajstić information content (AvgIpc) is 2.99. The third-order valence-electron chi connectivity index (χ3n) is 4.39. The Morgan fingerprint density at radius 2 is 2.26 bits per heavy atom. The van der Waals surface area contributed by atoms with Gasteiger partial charge in [0.05, 0.1) is 18.3 Å². The minimum absolute atomic E-state index is 0.558. The molecular formula is C14H23N3OS. The molecule has 0 radical (unpaired) electrons. The highest BCUT2D eigenvalue weighted by Gasteiger charge is 2.39. The largest absolute Gasteiger partial charge is 0.476 e. The lowest BCUT2D eigenvalue weighted by molar-refractivity contribution is 0.269. The van der Waals surface area contributed by atoms with Crippen LogP contribution in [0.5, 0.6) is 5.88 Å². The Kier molecular flexibility index (Phi) is 4.33. The van der Waals surface area contributed by atoms with Crippen molar-refractivity contribution in [1.29, 1.82) is 0 Å². The average molecular weight is 281 g/mol. The number of hydrogen-bond donors (Lipinski definition) is 0. The second-order valence-electron chi connectivity index (χ2n) is 5.78. The summed E-state index contributed by atoms with van der Waals surface area (Å²) >= 11 is 1.31. The topological polar surface area (TPSA) is 38.3 Å². The zero-order valence-electron chi connectivity index (χ0n) is 11.7. The summed E-state index contributed by atoms with van der Waals surface area (Å²) in [5, 5.41) is 0. The van der Waals surface area contributed by atoms with Crippen LogP contribution in [0.1, 0.15) is 50.6 Å². The predicted molar refractivity (Wildman–Crippen MR) is 76.8 cm³/mol. The van der Waals surface area contributed by atoms with Gasteiger partial charge in [0.15, 0.2) is 0 Å². The Bertz CT molecular complexity index is 409. The van der Waals surface area contributed by atoms with Gasteiger partial charge in [0.1, 0.15) is 5.69 Å². The van der Waals surface area contributed by atoms with Gasteiger partial charge in [-0.2, -0.15) is 4.37 Å². The van der Waals surface area contributed by atoms with Crippen LogP contribution in [0.25, 0.3) is 0 Å². The molecule has 3 rings (SSSR count). The molecule has 2 aliphatic heterocycles. The van der Waals surface area contributed by atoms with E-state index < -0.39 is 0 Å². The molecule has 2 bridgehead atoms. The van der Waals surface area contributed by atoms with Crippen molar-refractivity contribution < 1.29 is 4.74 Å². The van der Waals surface area contributed by atoms with E-state index in [9.17, 15) is 0 Å². The van der Waals surface area contributed by atoms with Crippen LogP contribution >= 0.6 is 11.7 Å². The van der Waals surface area contributed by atoms with Crippen LogP contribution in [-0.2, 0) is 0 Å². The molecule has 0 aromatic carbocycles. The lowest BCUT2D eigenvalue weighted by atomic mass is 9.89. The fourth-order valence-corrected chi connectivity index (χ4v) is 3.92. The molecule has 2 fully saturated rings. The first-order chi connectivity index (χ1) is 9.38. The first-order valence-electron chi connectivity index (χ1n) is 7.56. The second-order valence-corrected chi connectivity index (χ2v) is 6.31. The number of aromatic nitrogens is 2. The highest BCUT2D eigenvalue weighted by atomic mass is 32.1. The molecule has 4 nitrogen and oxygen atoms in total. The van der Waals surface area contributed by atoms with Crippen molar-refractivity contribution in [3.8, 4) is 5.88 Å². The van der Waals surface area contributed by atoms with Crippen LogP contribution in [0.2, 0.25) is 0 Å². The van der Waals surface area contributed by atoms with Crippen LogP contribution in [0, 0.1) is 5.92 Å². The molecule has 0 saturated carbocycles. The Balaban J connectivity index is 1.63. The van der Waals surface area contributed by atoms with Gasteiger partial charge in [-0.25, -0.2) is 0 Å². The number of hydrogen-bond acceptors (Lipinski definition) is 5. The van der Waals surface area contributed by atoms with E-state index in [1.165, 1.54) is 50.5 Å². The van der Waals surface area contributed by atoms with Crippen molar-refractivity contribution in [3.63, 3.8) is 0 Å². The maximum absolute atomic E-state index is 5.86. The number of rotatable bonds is 6. The normalized spacial score (nSPS) is 29.6. The number of unbranched alkanes of at least 4 members (excludes halogenated alkanes) is 2. The van der Waals surface area contributed by atoms with E-state index in [4.69, 9.17) is 4.74 Å². The zero-order chi connectivity index (χ0) is 13.1. The van der Waals surface area contributed by atoms with E-state index in [-0.39, 0.29) is 0 Å². The van der Waals surface area contributed by atoms with Crippen molar-refractivity contribution in [1.82, 2.24) is 13.6 Å². The van der Waals surface area contributed by atoms with Crippen LogP contribution in [0.15, 0.2) is 0 Å². The molecule has 0 aliphatic carbocycles. The van der Waals surface area contributed by atoms with Gasteiger partial charge in [-0.15, -0.1) is 4.37 Å². The molecule has 1 aromatic heterocycles. The predicted octanol–water partition coefficient (Wildman–Crippen LogP) is 2.92. The van der Waals surface area contributed by atoms with Gasteiger partial charge < -0.3 is 9.64 Å². The summed E-state index contributed by atoms with van der Waals surface area (Å²) in [6.45, 7) is 6.66. The minimum atomic E-state index is 0.558. The fraction of sp³-hybridized carbons (Fsp3) is 0.857. The molecule has 0 spiro atoms. The molecular weight excluding hydrogens is 258 g/mol. The van der Waals surface area contributed by atoms with Crippen molar-refractivity contribution in [2.75, 3.05) is 26.2 Å².